The molecule has 15 aromatic carbocycles. The molecule has 0 atom stereocenters. The lowest BCUT2D eigenvalue weighted by Crippen LogP contribution is -2.61. The van der Waals surface area contributed by atoms with Crippen molar-refractivity contribution in [3.05, 3.63) is 347 Å². The summed E-state index contributed by atoms with van der Waals surface area (Å²) < 4.78 is 85.3. The lowest BCUT2D eigenvalue weighted by atomic mass is 9.33. The predicted octanol–water partition coefficient (Wildman–Crippen LogP) is 34.7. The molecule has 3 aromatic heterocycles. The van der Waals surface area contributed by atoms with E-state index in [4.69, 9.17) is 0 Å². The minimum Gasteiger partial charge on any atom is -0.310 e. The Balaban J connectivity index is 1.06. The van der Waals surface area contributed by atoms with E-state index in [1.807, 2.05) is 6.07 Å². The Kier molecular flexibility index (Phi) is 18.9. The van der Waals surface area contributed by atoms with Crippen molar-refractivity contribution in [1.29, 1.82) is 0 Å². The Morgan fingerprint density at radius 2 is 0.515 bits per heavy atom. The van der Waals surface area contributed by atoms with Gasteiger partial charge < -0.3 is 23.5 Å². The average molecular weight is 1790 g/mol. The lowest BCUT2D eigenvalue weighted by Gasteiger charge is -2.46. The summed E-state index contributed by atoms with van der Waals surface area (Å²) in [6.45, 7) is 68.6. The van der Waals surface area contributed by atoms with Crippen molar-refractivity contribution in [2.45, 2.75) is 262 Å². The van der Waals surface area contributed by atoms with Crippen LogP contribution >= 0.6 is 0 Å². The Hall–Kier alpha value is -12.6. The van der Waals surface area contributed by atoms with Gasteiger partial charge in [0.25, 0.3) is 6.71 Å². The van der Waals surface area contributed by atoms with Crippen LogP contribution in [0, 0.1) is 0 Å². The second kappa shape index (κ2) is 31.5. The highest BCUT2D eigenvalue weighted by atomic mass is 15.2. The zero-order valence-electron chi connectivity index (χ0n) is 93.9. The first-order chi connectivity index (χ1) is 67.1. The topological polar surface area (TPSA) is 21.3 Å². The van der Waals surface area contributed by atoms with Gasteiger partial charge in [-0.05, 0) is 245 Å². The molecule has 18 aromatic rings. The van der Waals surface area contributed by atoms with Gasteiger partial charge in [0.05, 0.1) is 61.1 Å². The maximum absolute atomic E-state index is 10.3. The van der Waals surface area contributed by atoms with Crippen LogP contribution in [0.25, 0.3) is 127 Å². The van der Waals surface area contributed by atoms with Crippen molar-refractivity contribution in [2.24, 2.45) is 0 Å². The van der Waals surface area contributed by atoms with Crippen LogP contribution in [0.3, 0.4) is 0 Å². The number of hydrogen-bond donors (Lipinski definition) is 0. The van der Waals surface area contributed by atoms with Crippen LogP contribution in [0.15, 0.2) is 291 Å². The molecule has 0 radical (unpaired) electrons. The molecule has 0 bridgehead atoms. The molecule has 0 spiro atoms. The number of aromatic nitrogens is 3. The zero-order valence-corrected chi connectivity index (χ0v) is 85.9. The third-order valence-electron chi connectivity index (χ3n) is 29.4. The molecular formula is C130H138BN5. The quantitative estimate of drug-likeness (QED) is 0.134. The van der Waals surface area contributed by atoms with Crippen LogP contribution in [0.2, 0.25) is 0 Å². The summed E-state index contributed by atoms with van der Waals surface area (Å²) in [6.07, 6.45) is 0. The summed E-state index contributed by atoms with van der Waals surface area (Å²) in [5.41, 5.74) is 32.7. The average Bonchev–Trinajstić information content (AvgIpc) is 0.907. The Bertz CT molecular complexity index is 8180. The first-order valence-corrected chi connectivity index (χ1v) is 49.2. The number of benzene rings is 15. The van der Waals surface area contributed by atoms with Gasteiger partial charge in [-0.25, -0.2) is 0 Å². The van der Waals surface area contributed by atoms with Gasteiger partial charge in [0.2, 0.25) is 0 Å². The van der Waals surface area contributed by atoms with E-state index in [2.05, 4.69) is 463 Å². The molecule has 2 aliphatic rings. The third-order valence-corrected chi connectivity index (χ3v) is 29.4. The molecule has 0 aliphatic carbocycles. The van der Waals surface area contributed by atoms with Crippen LogP contribution in [0.5, 0.6) is 0 Å². The van der Waals surface area contributed by atoms with E-state index >= 15 is 0 Å². The highest BCUT2D eigenvalue weighted by Crippen LogP contribution is 2.57. The van der Waals surface area contributed by atoms with Gasteiger partial charge in [-0.3, -0.25) is 0 Å². The molecule has 0 saturated carbocycles. The largest absolute Gasteiger partial charge is 0.310 e. The fraction of sp³-hybridized carbons (Fsp3) is 0.308. The summed E-state index contributed by atoms with van der Waals surface area (Å²) in [6, 6.07) is 90.7. The van der Waals surface area contributed by atoms with E-state index in [0.29, 0.717) is 5.69 Å². The number of nitrogens with zero attached hydrogens (tertiary/aromatic N) is 5. The molecule has 6 heteroatoms. The van der Waals surface area contributed by atoms with Gasteiger partial charge in [0.1, 0.15) is 0 Å². The molecule has 5 heterocycles. The van der Waals surface area contributed by atoms with Crippen molar-refractivity contribution < 1.29 is 11.0 Å². The molecule has 0 unspecified atom stereocenters. The number of anilines is 6. The smallest absolute Gasteiger partial charge is 0.252 e. The monoisotopic (exact) mass is 1790 g/mol. The van der Waals surface area contributed by atoms with Gasteiger partial charge >= 0.3 is 0 Å². The summed E-state index contributed by atoms with van der Waals surface area (Å²) in [4.78, 5) is 5.25. The number of fused-ring (bicyclic) bond motifs is 13. The molecular weight excluding hydrogens is 1640 g/mol. The van der Waals surface area contributed by atoms with Crippen molar-refractivity contribution in [1.82, 2.24) is 13.7 Å². The predicted molar refractivity (Wildman–Crippen MR) is 592 cm³/mol. The second-order valence-electron chi connectivity index (χ2n) is 49.5. The molecule has 0 amide bonds. The minimum atomic E-state index is -0.627. The molecule has 20 rings (SSSR count). The Morgan fingerprint density at radius 3 is 0.875 bits per heavy atom. The van der Waals surface area contributed by atoms with Crippen LogP contribution < -0.4 is 26.2 Å². The van der Waals surface area contributed by atoms with E-state index in [0.717, 1.165) is 145 Å². The Morgan fingerprint density at radius 1 is 0.213 bits per heavy atom. The highest BCUT2D eigenvalue weighted by molar-refractivity contribution is 7.00. The van der Waals surface area contributed by atoms with Crippen molar-refractivity contribution in [3.63, 3.8) is 0 Å². The minimum absolute atomic E-state index is 0.00145. The van der Waals surface area contributed by atoms with Gasteiger partial charge in [-0.15, -0.1) is 0 Å². The first kappa shape index (κ1) is 81.7. The zero-order chi connectivity index (χ0) is 104. The van der Waals surface area contributed by atoms with Gasteiger partial charge in [-0.1, -0.05) is 402 Å². The summed E-state index contributed by atoms with van der Waals surface area (Å²) in [5, 5.41) is 4.60. The van der Waals surface area contributed by atoms with Crippen molar-refractivity contribution in [3.8, 4) is 61.6 Å². The highest BCUT2D eigenvalue weighted by Gasteiger charge is 2.47. The van der Waals surface area contributed by atoms with Crippen LogP contribution in [0.4, 0.5) is 34.1 Å². The molecule has 686 valence electrons. The van der Waals surface area contributed by atoms with E-state index in [-0.39, 0.29) is 82.6 Å². The number of hydrogen-bond acceptors (Lipinski definition) is 2. The van der Waals surface area contributed by atoms with Gasteiger partial charge in [0, 0.05) is 88.7 Å². The van der Waals surface area contributed by atoms with Gasteiger partial charge in [-0.2, -0.15) is 0 Å². The molecule has 136 heavy (non-hydrogen) atoms. The molecule has 2 aliphatic heterocycles. The first-order valence-electron chi connectivity index (χ1n) is 53.2. The van der Waals surface area contributed by atoms with E-state index in [1.54, 1.807) is 4.57 Å². The SMILES string of the molecule is [2H]c1c([2H])c([2H])c2c(c1[2H])c1c([2H])c([2H])c([2H])c([2H])c1n2-c1ccc2c(c1)N(c1c(-c3ccc(C(C)(C)C)cc3)cccc1-c1ccc(C(C)(C)C)cc1C(C)(C)C)c1cc(-n3c4ccc(C(C)(C)C)cc4c4cc(C(C)(C)C)ccc43)cc3c1B2c1ccc(-n2c4ccc(C(C)(C)C)cc4c4cc(C(C)(C)C)ccc42)cc1N3c1c(-c2ccc(C(C)(C)C)cc2)cccc1-c1cc(C(C)(C)C)cc(C(C)(C)C)c1. The van der Waals surface area contributed by atoms with E-state index in [9.17, 15) is 11.0 Å². The lowest BCUT2D eigenvalue weighted by molar-refractivity contribution is 0.568. The third kappa shape index (κ3) is 15.5. The molecule has 0 N–H and O–H groups in total. The van der Waals surface area contributed by atoms with Crippen molar-refractivity contribution >= 4 is 123 Å². The molecule has 0 fully saturated rings. The fourth-order valence-electron chi connectivity index (χ4n) is 21.3. The van der Waals surface area contributed by atoms with E-state index in [1.165, 1.54) is 60.8 Å². The van der Waals surface area contributed by atoms with Crippen LogP contribution in [-0.4, -0.2) is 20.4 Å². The summed E-state index contributed by atoms with van der Waals surface area (Å²) in [7, 11) is 0. The molecule has 5 nitrogen and oxygen atoms in total. The Labute approximate surface area is 822 Å². The standard InChI is InChI=1S/C130H138BN5/c1-121(2,3)82-49-45-79(46-50-82)94-39-35-41-96(81-67-89(128(22,23)24)69-90(68-81)129(25,26)27)119(94)135-114-76-92(133-110-63-54-84(123(7,8)9)70-101(110)102-71-85(124(10,11)12)55-64-111(102)133)59-62-106(114)131-107-61-58-91(132-108-43-33-31-37-98(108)99-38-32-34-44-109(99)132)75-115(107)136(117-78-93(77-116(135)118(117)131)134-112-65-56-86(125(13,14)15)72-103(112)104-73-87(126(16,17)18)57-66-113(104)134)120-95(80-47-51-83(52-48-80)122(4,5)6)40-36-42-100(120)97-60-53-88(127(19,20)21)74-105(97)130(28,29)30/h31-78H,1-30H3/i31D,32D,33D,34D,37D,38D,43D,44D. The maximum atomic E-state index is 10.3. The second-order valence-corrected chi connectivity index (χ2v) is 49.5. The summed E-state index contributed by atoms with van der Waals surface area (Å²) >= 11 is 0. The molecule has 0 saturated heterocycles. The number of rotatable bonds is 9. The van der Waals surface area contributed by atoms with Crippen LogP contribution in [0.1, 0.15) is 274 Å². The normalized spacial score (nSPS) is 14.6. The van der Waals surface area contributed by atoms with Gasteiger partial charge in [0.15, 0.2) is 0 Å². The van der Waals surface area contributed by atoms with Crippen LogP contribution in [-0.2, 0) is 54.1 Å². The van der Waals surface area contributed by atoms with Crippen molar-refractivity contribution in [2.75, 3.05) is 9.80 Å². The fourth-order valence-corrected chi connectivity index (χ4v) is 21.3. The summed E-state index contributed by atoms with van der Waals surface area (Å²) in [5.74, 6) is 0. The maximum Gasteiger partial charge on any atom is 0.252 e. The van der Waals surface area contributed by atoms with E-state index < -0.39 is 48.4 Å². The number of para-hydroxylation sites is 4.